The Morgan fingerprint density at radius 1 is 1.00 bits per heavy atom. The van der Waals surface area contributed by atoms with E-state index in [-0.39, 0.29) is 11.7 Å². The third-order valence-electron chi connectivity index (χ3n) is 6.84. The van der Waals surface area contributed by atoms with Gasteiger partial charge in [-0.25, -0.2) is 4.98 Å². The van der Waals surface area contributed by atoms with Crippen molar-refractivity contribution in [3.05, 3.63) is 53.6 Å². The number of nitrogens with one attached hydrogen (secondary N) is 2. The van der Waals surface area contributed by atoms with Gasteiger partial charge in [0.25, 0.3) is 0 Å². The molecule has 0 atom stereocenters. The van der Waals surface area contributed by atoms with Crippen LogP contribution in [0.4, 0.5) is 5.82 Å². The lowest BCUT2D eigenvalue weighted by atomic mass is 10.0. The van der Waals surface area contributed by atoms with Gasteiger partial charge in [-0.05, 0) is 36.9 Å². The summed E-state index contributed by atoms with van der Waals surface area (Å²) in [5.74, 6) is 1.66. The van der Waals surface area contributed by atoms with Crippen molar-refractivity contribution in [3.63, 3.8) is 0 Å². The standard InChI is InChI=1S/C27H31N5O3/c1-28-11-12-29-10-9-23(33)31-13-15-32(16-14-31)27-25-19-8-7-18(35-2)17-21(19)26(34)24(25)20-5-3-4-6-22(20)30-27/h3-8,17,28-29H,9-16H2,1-2H3. The summed E-state index contributed by atoms with van der Waals surface area (Å²) in [6.45, 7) is 5.05. The van der Waals surface area contributed by atoms with Crippen molar-refractivity contribution in [2.24, 2.45) is 0 Å². The molecule has 35 heavy (non-hydrogen) atoms. The average molecular weight is 474 g/mol. The number of hydrogen-bond donors (Lipinski definition) is 2. The highest BCUT2D eigenvalue weighted by Crippen LogP contribution is 2.46. The number of para-hydroxylation sites is 1. The Balaban J connectivity index is 1.40. The number of benzene rings is 2. The first-order valence-electron chi connectivity index (χ1n) is 12.2. The topological polar surface area (TPSA) is 86.8 Å². The van der Waals surface area contributed by atoms with Gasteiger partial charge in [-0.2, -0.15) is 0 Å². The van der Waals surface area contributed by atoms with Crippen LogP contribution >= 0.6 is 0 Å². The fraction of sp³-hybridized carbons (Fsp3) is 0.370. The molecule has 3 aromatic rings. The average Bonchev–Trinajstić information content (AvgIpc) is 3.20. The van der Waals surface area contributed by atoms with Crippen molar-refractivity contribution >= 4 is 28.4 Å². The summed E-state index contributed by atoms with van der Waals surface area (Å²) >= 11 is 0. The molecule has 0 bridgehead atoms. The van der Waals surface area contributed by atoms with E-state index in [2.05, 4.69) is 15.5 Å². The van der Waals surface area contributed by atoms with Crippen molar-refractivity contribution in [1.82, 2.24) is 20.5 Å². The molecule has 2 N–H and O–H groups in total. The number of rotatable bonds is 8. The minimum absolute atomic E-state index is 0.00772. The van der Waals surface area contributed by atoms with Crippen LogP contribution in [0.1, 0.15) is 22.3 Å². The number of anilines is 1. The number of methoxy groups -OCH3 is 1. The number of piperazine rings is 1. The zero-order valence-electron chi connectivity index (χ0n) is 20.3. The highest BCUT2D eigenvalue weighted by atomic mass is 16.5. The molecular weight excluding hydrogens is 442 g/mol. The number of nitrogens with zero attached hydrogens (tertiary/aromatic N) is 3. The molecule has 1 amide bonds. The van der Waals surface area contributed by atoms with Crippen LogP contribution in [0.15, 0.2) is 42.5 Å². The first-order chi connectivity index (χ1) is 17.1. The largest absolute Gasteiger partial charge is 0.497 e. The van der Waals surface area contributed by atoms with E-state index in [1.165, 1.54) is 0 Å². The predicted octanol–water partition coefficient (Wildman–Crippen LogP) is 2.30. The van der Waals surface area contributed by atoms with Crippen LogP contribution in [0, 0.1) is 0 Å². The molecule has 1 aliphatic heterocycles. The number of likely N-dealkylation sites (N-methyl/N-ethyl adjacent to an activating group) is 1. The number of carbonyl (C=O) groups is 2. The van der Waals surface area contributed by atoms with E-state index in [0.717, 1.165) is 40.9 Å². The van der Waals surface area contributed by atoms with Crippen molar-refractivity contribution in [1.29, 1.82) is 0 Å². The number of fused-ring (bicyclic) bond motifs is 5. The fourth-order valence-corrected chi connectivity index (χ4v) is 4.97. The van der Waals surface area contributed by atoms with Crippen LogP contribution in [0.3, 0.4) is 0 Å². The van der Waals surface area contributed by atoms with Gasteiger partial charge in [-0.1, -0.05) is 18.2 Å². The van der Waals surface area contributed by atoms with Gasteiger partial charge in [0.1, 0.15) is 11.6 Å². The smallest absolute Gasteiger partial charge is 0.223 e. The Kier molecular flexibility index (Phi) is 6.66. The molecule has 182 valence electrons. The number of aromatic nitrogens is 1. The van der Waals surface area contributed by atoms with E-state index >= 15 is 0 Å². The van der Waals surface area contributed by atoms with Gasteiger partial charge in [0, 0.05) is 74.3 Å². The lowest BCUT2D eigenvalue weighted by molar-refractivity contribution is -0.131. The molecule has 1 saturated heterocycles. The van der Waals surface area contributed by atoms with Crippen LogP contribution in [0.5, 0.6) is 5.75 Å². The number of ether oxygens (including phenoxy) is 1. The number of amides is 1. The zero-order chi connectivity index (χ0) is 24.4. The third-order valence-corrected chi connectivity index (χ3v) is 6.84. The van der Waals surface area contributed by atoms with E-state index in [9.17, 15) is 9.59 Å². The molecule has 1 aliphatic carbocycles. The Morgan fingerprint density at radius 2 is 1.80 bits per heavy atom. The van der Waals surface area contributed by atoms with Crippen LogP contribution in [0.25, 0.3) is 22.0 Å². The summed E-state index contributed by atoms with van der Waals surface area (Å²) in [7, 11) is 3.52. The molecule has 2 aromatic carbocycles. The molecule has 0 saturated carbocycles. The third kappa shape index (κ3) is 4.35. The maximum atomic E-state index is 13.5. The number of pyridine rings is 1. The quantitative estimate of drug-likeness (QED) is 0.380. The van der Waals surface area contributed by atoms with Crippen molar-refractivity contribution in [2.45, 2.75) is 6.42 Å². The summed E-state index contributed by atoms with van der Waals surface area (Å²) in [5, 5.41) is 7.24. The SMILES string of the molecule is CNCCNCCC(=O)N1CCN(c2nc3ccccc3c3c2-c2ccc(OC)cc2C3=O)CC1. The number of hydrogen-bond acceptors (Lipinski definition) is 7. The summed E-state index contributed by atoms with van der Waals surface area (Å²) in [6, 6.07) is 13.5. The summed E-state index contributed by atoms with van der Waals surface area (Å²) in [4.78, 5) is 35.4. The molecule has 1 aromatic heterocycles. The predicted molar refractivity (Wildman–Crippen MR) is 137 cm³/mol. The van der Waals surface area contributed by atoms with E-state index in [1.807, 2.05) is 54.4 Å². The van der Waals surface area contributed by atoms with Gasteiger partial charge in [0.2, 0.25) is 5.91 Å². The molecule has 5 rings (SSSR count). The molecule has 0 spiro atoms. The monoisotopic (exact) mass is 473 g/mol. The van der Waals surface area contributed by atoms with E-state index in [1.54, 1.807) is 7.11 Å². The molecule has 2 heterocycles. The minimum atomic E-state index is 0.00772. The lowest BCUT2D eigenvalue weighted by Gasteiger charge is -2.36. The first-order valence-corrected chi connectivity index (χ1v) is 12.2. The van der Waals surface area contributed by atoms with Crippen LogP contribution in [0.2, 0.25) is 0 Å². The fourth-order valence-electron chi connectivity index (χ4n) is 4.97. The normalized spacial score (nSPS) is 14.9. The maximum absolute atomic E-state index is 13.5. The molecule has 2 aliphatic rings. The summed E-state index contributed by atoms with van der Waals surface area (Å²) in [5.41, 5.74) is 3.95. The van der Waals surface area contributed by atoms with Crippen molar-refractivity contribution in [2.75, 3.05) is 64.9 Å². The summed E-state index contributed by atoms with van der Waals surface area (Å²) in [6.07, 6.45) is 0.497. The lowest BCUT2D eigenvalue weighted by Crippen LogP contribution is -2.49. The maximum Gasteiger partial charge on any atom is 0.223 e. The second-order valence-electron chi connectivity index (χ2n) is 8.91. The Hall–Kier alpha value is -3.49. The van der Waals surface area contributed by atoms with Gasteiger partial charge >= 0.3 is 0 Å². The Labute approximate surface area is 205 Å². The summed E-state index contributed by atoms with van der Waals surface area (Å²) < 4.78 is 5.38. The van der Waals surface area contributed by atoms with E-state index in [0.29, 0.717) is 56.0 Å². The molecule has 0 radical (unpaired) electrons. The van der Waals surface area contributed by atoms with Gasteiger partial charge < -0.3 is 25.2 Å². The van der Waals surface area contributed by atoms with E-state index < -0.39 is 0 Å². The van der Waals surface area contributed by atoms with Gasteiger partial charge in [0.05, 0.1) is 12.6 Å². The first kappa shape index (κ1) is 23.3. The molecule has 0 unspecified atom stereocenters. The highest BCUT2D eigenvalue weighted by Gasteiger charge is 2.35. The molecule has 8 heteroatoms. The molecule has 8 nitrogen and oxygen atoms in total. The second kappa shape index (κ2) is 10.0. The van der Waals surface area contributed by atoms with Crippen molar-refractivity contribution < 1.29 is 14.3 Å². The molecular formula is C27H31N5O3. The number of ketones is 1. The van der Waals surface area contributed by atoms with Crippen molar-refractivity contribution in [3.8, 4) is 16.9 Å². The van der Waals surface area contributed by atoms with E-state index in [4.69, 9.17) is 9.72 Å². The Morgan fingerprint density at radius 3 is 2.57 bits per heavy atom. The van der Waals surface area contributed by atoms with Crippen LogP contribution in [-0.2, 0) is 4.79 Å². The number of carbonyl (C=O) groups excluding carboxylic acids is 2. The molecule has 1 fully saturated rings. The minimum Gasteiger partial charge on any atom is -0.497 e. The van der Waals surface area contributed by atoms with Gasteiger partial charge in [-0.3, -0.25) is 9.59 Å². The van der Waals surface area contributed by atoms with Gasteiger partial charge in [0.15, 0.2) is 5.78 Å². The van der Waals surface area contributed by atoms with Crippen LogP contribution < -0.4 is 20.3 Å². The highest BCUT2D eigenvalue weighted by molar-refractivity contribution is 6.28. The zero-order valence-corrected chi connectivity index (χ0v) is 20.3. The second-order valence-corrected chi connectivity index (χ2v) is 8.91. The van der Waals surface area contributed by atoms with Crippen LogP contribution in [-0.4, -0.2) is 81.5 Å². The Bertz CT molecular complexity index is 1270. The van der Waals surface area contributed by atoms with Gasteiger partial charge in [-0.15, -0.1) is 0 Å².